The maximum Gasteiger partial charge on any atom is 0.182 e. The summed E-state index contributed by atoms with van der Waals surface area (Å²) < 4.78 is 0. The number of nitrogens with zero attached hydrogens (tertiary/aromatic N) is 4. The average Bonchev–Trinajstić information content (AvgIpc) is 2.46. The molecule has 2 N–H and O–H groups in total. The molecule has 0 aliphatic carbocycles. The van der Waals surface area contributed by atoms with Crippen molar-refractivity contribution in [1.29, 1.82) is 5.26 Å². The zero-order chi connectivity index (χ0) is 14.1. The first-order valence-corrected chi connectivity index (χ1v) is 7.12. The number of nitrogen functional groups attached to an aromatic ring is 1. The number of aromatic nitrogens is 3. The normalized spacial score (nSPS) is 10.8. The molecule has 0 atom stereocenters. The Kier molecular flexibility index (Phi) is 3.12. The largest absolute Gasteiger partial charge is 0.396 e. The van der Waals surface area contributed by atoms with Gasteiger partial charge >= 0.3 is 0 Å². The van der Waals surface area contributed by atoms with Crippen LogP contribution in [0.2, 0.25) is 0 Å². The predicted molar refractivity (Wildman–Crippen MR) is 80.4 cm³/mol. The molecule has 2 aromatic heterocycles. The molecule has 3 rings (SSSR count). The summed E-state index contributed by atoms with van der Waals surface area (Å²) in [5.41, 5.74) is 9.29. The van der Waals surface area contributed by atoms with E-state index in [0.29, 0.717) is 27.4 Å². The van der Waals surface area contributed by atoms with E-state index in [-0.39, 0.29) is 0 Å². The number of fused-ring (bicyclic) bond motifs is 2. The lowest BCUT2D eigenvalue weighted by atomic mass is 10.2. The Hall–Kier alpha value is -2.39. The number of nitriles is 1. The molecule has 98 valence electrons. The van der Waals surface area contributed by atoms with Gasteiger partial charge in [-0.05, 0) is 17.9 Å². The summed E-state index contributed by atoms with van der Waals surface area (Å²) in [5, 5.41) is 9.88. The first-order valence-electron chi connectivity index (χ1n) is 6.13. The second kappa shape index (κ2) is 4.94. The highest BCUT2D eigenvalue weighted by Crippen LogP contribution is 2.30. The predicted octanol–water partition coefficient (Wildman–Crippen LogP) is 2.74. The fourth-order valence-electron chi connectivity index (χ4n) is 1.98. The van der Waals surface area contributed by atoms with E-state index in [0.717, 1.165) is 16.8 Å². The SMILES string of the molecule is CCSc1nc2nc3ccccc3nc2c(N)c1C#N. The number of thioether (sulfide) groups is 1. The van der Waals surface area contributed by atoms with Gasteiger partial charge in [0.2, 0.25) is 0 Å². The second-order valence-corrected chi connectivity index (χ2v) is 5.39. The van der Waals surface area contributed by atoms with Crippen molar-refractivity contribution < 1.29 is 0 Å². The smallest absolute Gasteiger partial charge is 0.182 e. The molecule has 0 aliphatic heterocycles. The quantitative estimate of drug-likeness (QED) is 0.574. The lowest BCUT2D eigenvalue weighted by Gasteiger charge is -2.08. The van der Waals surface area contributed by atoms with Gasteiger partial charge in [0.1, 0.15) is 22.2 Å². The Labute approximate surface area is 119 Å². The standard InChI is InChI=1S/C14H11N5S/c1-2-20-14-8(7-15)11(16)12-13(19-14)18-10-6-4-3-5-9(10)17-12/h3-6H,2H2,1H3,(H2,16,18,19). The van der Waals surface area contributed by atoms with Crippen LogP contribution >= 0.6 is 11.8 Å². The van der Waals surface area contributed by atoms with Crippen LogP contribution in [0.5, 0.6) is 0 Å². The molecule has 1 aromatic carbocycles. The summed E-state index contributed by atoms with van der Waals surface area (Å²) in [6, 6.07) is 9.64. The number of benzene rings is 1. The fraction of sp³-hybridized carbons (Fsp3) is 0.143. The van der Waals surface area contributed by atoms with Crippen LogP contribution in [0.3, 0.4) is 0 Å². The van der Waals surface area contributed by atoms with Gasteiger partial charge in [-0.2, -0.15) is 5.26 Å². The molecule has 6 heteroatoms. The maximum absolute atomic E-state index is 9.27. The Morgan fingerprint density at radius 1 is 1.20 bits per heavy atom. The number of hydrogen-bond acceptors (Lipinski definition) is 6. The third-order valence-electron chi connectivity index (χ3n) is 2.89. The number of rotatable bonds is 2. The third kappa shape index (κ3) is 1.92. The van der Waals surface area contributed by atoms with Gasteiger partial charge in [-0.25, -0.2) is 15.0 Å². The molecule has 0 radical (unpaired) electrons. The van der Waals surface area contributed by atoms with Gasteiger partial charge in [0.05, 0.1) is 16.7 Å². The van der Waals surface area contributed by atoms with Crippen molar-refractivity contribution >= 4 is 39.6 Å². The Morgan fingerprint density at radius 3 is 2.55 bits per heavy atom. The summed E-state index contributed by atoms with van der Waals surface area (Å²) in [5.74, 6) is 0.813. The molecular formula is C14H11N5S. The van der Waals surface area contributed by atoms with Crippen LogP contribution in [0.15, 0.2) is 29.3 Å². The van der Waals surface area contributed by atoms with Gasteiger partial charge in [0.25, 0.3) is 0 Å². The van der Waals surface area contributed by atoms with Crippen molar-refractivity contribution in [1.82, 2.24) is 15.0 Å². The Balaban J connectivity index is 2.40. The van der Waals surface area contributed by atoms with Crippen molar-refractivity contribution in [3.05, 3.63) is 29.8 Å². The zero-order valence-corrected chi connectivity index (χ0v) is 11.6. The summed E-state index contributed by atoms with van der Waals surface area (Å²) in [6.45, 7) is 2.00. The van der Waals surface area contributed by atoms with E-state index in [4.69, 9.17) is 5.73 Å². The minimum absolute atomic E-state index is 0.353. The highest BCUT2D eigenvalue weighted by atomic mass is 32.2. The lowest BCUT2D eigenvalue weighted by Crippen LogP contribution is -2.01. The summed E-state index contributed by atoms with van der Waals surface area (Å²) in [6.07, 6.45) is 0. The van der Waals surface area contributed by atoms with Gasteiger partial charge in [-0.3, -0.25) is 0 Å². The molecule has 0 fully saturated rings. The van der Waals surface area contributed by atoms with E-state index in [1.54, 1.807) is 0 Å². The van der Waals surface area contributed by atoms with Crippen LogP contribution in [0, 0.1) is 11.3 Å². The van der Waals surface area contributed by atoms with E-state index in [1.165, 1.54) is 11.8 Å². The van der Waals surface area contributed by atoms with Crippen LogP contribution in [0.25, 0.3) is 22.2 Å². The van der Waals surface area contributed by atoms with Crippen LogP contribution in [-0.4, -0.2) is 20.7 Å². The van der Waals surface area contributed by atoms with E-state index in [9.17, 15) is 5.26 Å². The molecule has 0 amide bonds. The van der Waals surface area contributed by atoms with Gasteiger partial charge in [0, 0.05) is 0 Å². The molecule has 0 aliphatic rings. The van der Waals surface area contributed by atoms with Gasteiger partial charge in [-0.1, -0.05) is 19.1 Å². The van der Waals surface area contributed by atoms with E-state index >= 15 is 0 Å². The highest BCUT2D eigenvalue weighted by molar-refractivity contribution is 7.99. The lowest BCUT2D eigenvalue weighted by molar-refractivity contribution is 1.13. The fourth-order valence-corrected chi connectivity index (χ4v) is 2.71. The zero-order valence-electron chi connectivity index (χ0n) is 10.8. The van der Waals surface area contributed by atoms with Crippen molar-refractivity contribution in [2.45, 2.75) is 11.9 Å². The number of nitrogens with two attached hydrogens (primary N) is 1. The summed E-state index contributed by atoms with van der Waals surface area (Å²) in [7, 11) is 0. The third-order valence-corrected chi connectivity index (χ3v) is 3.75. The Bertz CT molecular complexity index is 853. The van der Waals surface area contributed by atoms with Crippen molar-refractivity contribution in [2.75, 3.05) is 11.5 Å². The molecule has 20 heavy (non-hydrogen) atoms. The van der Waals surface area contributed by atoms with Crippen molar-refractivity contribution in [2.24, 2.45) is 0 Å². The first kappa shape index (κ1) is 12.6. The molecule has 5 nitrogen and oxygen atoms in total. The van der Waals surface area contributed by atoms with Crippen molar-refractivity contribution in [3.8, 4) is 6.07 Å². The average molecular weight is 281 g/mol. The molecule has 0 bridgehead atoms. The minimum atomic E-state index is 0.353. The minimum Gasteiger partial charge on any atom is -0.396 e. The molecular weight excluding hydrogens is 270 g/mol. The van der Waals surface area contributed by atoms with Crippen LogP contribution in [0.1, 0.15) is 12.5 Å². The number of hydrogen-bond donors (Lipinski definition) is 1. The van der Waals surface area contributed by atoms with E-state index < -0.39 is 0 Å². The second-order valence-electron chi connectivity index (χ2n) is 4.13. The topological polar surface area (TPSA) is 88.5 Å². The molecule has 0 spiro atoms. The van der Waals surface area contributed by atoms with Gasteiger partial charge in [-0.15, -0.1) is 11.8 Å². The van der Waals surface area contributed by atoms with Crippen LogP contribution in [0.4, 0.5) is 5.69 Å². The van der Waals surface area contributed by atoms with Gasteiger partial charge in [0.15, 0.2) is 5.65 Å². The van der Waals surface area contributed by atoms with Gasteiger partial charge < -0.3 is 5.73 Å². The molecule has 0 saturated heterocycles. The monoisotopic (exact) mass is 281 g/mol. The molecule has 0 saturated carbocycles. The number of anilines is 1. The summed E-state index contributed by atoms with van der Waals surface area (Å²) >= 11 is 1.48. The molecule has 0 unspecified atom stereocenters. The van der Waals surface area contributed by atoms with E-state index in [2.05, 4.69) is 21.0 Å². The summed E-state index contributed by atoms with van der Waals surface area (Å²) in [4.78, 5) is 13.4. The van der Waals surface area contributed by atoms with Crippen molar-refractivity contribution in [3.63, 3.8) is 0 Å². The molecule has 2 heterocycles. The number of pyridine rings is 1. The number of para-hydroxylation sites is 2. The highest BCUT2D eigenvalue weighted by Gasteiger charge is 2.15. The maximum atomic E-state index is 9.27. The first-order chi connectivity index (χ1) is 9.74. The molecule has 3 aromatic rings. The van der Waals surface area contributed by atoms with Crippen LogP contribution in [-0.2, 0) is 0 Å². The Morgan fingerprint density at radius 2 is 1.90 bits per heavy atom. The van der Waals surface area contributed by atoms with E-state index in [1.807, 2.05) is 31.2 Å². The van der Waals surface area contributed by atoms with Crippen LogP contribution < -0.4 is 5.73 Å².